The summed E-state index contributed by atoms with van der Waals surface area (Å²) >= 11 is 0. The number of aromatic amines is 1. The molecule has 0 amide bonds. The molecule has 19 heavy (non-hydrogen) atoms. The van der Waals surface area contributed by atoms with Crippen LogP contribution in [0, 0.1) is 6.92 Å². The molecule has 3 rings (SSSR count). The number of benzene rings is 1. The van der Waals surface area contributed by atoms with E-state index >= 15 is 0 Å². The van der Waals surface area contributed by atoms with Crippen molar-refractivity contribution in [2.75, 3.05) is 5.32 Å². The number of hydrogen-bond donors (Lipinski definition) is 2. The quantitative estimate of drug-likeness (QED) is 0.747. The minimum atomic E-state index is 0.736. The van der Waals surface area contributed by atoms with E-state index in [-0.39, 0.29) is 0 Å². The lowest BCUT2D eigenvalue weighted by atomic mass is 10.1. The standard InChI is InChI=1S/C15H14N3O/c1-11-4-6-12(7-5-11)10-16-15-9-13(17-18-15)14-3-2-8-19-14/h2-9H,1,10H2,(H2,16,17,18). The summed E-state index contributed by atoms with van der Waals surface area (Å²) in [6.07, 6.45) is 1.64. The van der Waals surface area contributed by atoms with Gasteiger partial charge in [0, 0.05) is 12.6 Å². The van der Waals surface area contributed by atoms with Crippen LogP contribution in [0.5, 0.6) is 0 Å². The highest BCUT2D eigenvalue weighted by atomic mass is 16.3. The second-order valence-electron chi connectivity index (χ2n) is 4.31. The molecule has 3 aromatic rings. The van der Waals surface area contributed by atoms with Gasteiger partial charge in [-0.2, -0.15) is 5.10 Å². The van der Waals surface area contributed by atoms with E-state index in [1.165, 1.54) is 5.56 Å². The lowest BCUT2D eigenvalue weighted by Gasteiger charge is -2.03. The summed E-state index contributed by atoms with van der Waals surface area (Å²) in [5, 5.41) is 10.4. The summed E-state index contributed by atoms with van der Waals surface area (Å²) in [7, 11) is 0. The molecule has 0 atom stereocenters. The molecule has 0 spiro atoms. The van der Waals surface area contributed by atoms with Gasteiger partial charge in [-0.15, -0.1) is 0 Å². The van der Waals surface area contributed by atoms with Crippen molar-refractivity contribution in [2.24, 2.45) is 0 Å². The summed E-state index contributed by atoms with van der Waals surface area (Å²) in [5.74, 6) is 1.62. The summed E-state index contributed by atoms with van der Waals surface area (Å²) in [6.45, 7) is 4.60. The van der Waals surface area contributed by atoms with Gasteiger partial charge in [-0.25, -0.2) is 0 Å². The van der Waals surface area contributed by atoms with Crippen LogP contribution in [0.1, 0.15) is 11.1 Å². The van der Waals surface area contributed by atoms with E-state index in [1.54, 1.807) is 6.26 Å². The average Bonchev–Trinajstić information content (AvgIpc) is 3.09. The van der Waals surface area contributed by atoms with Crippen molar-refractivity contribution < 1.29 is 4.42 Å². The Labute approximate surface area is 111 Å². The summed E-state index contributed by atoms with van der Waals surface area (Å²) in [5.41, 5.74) is 3.01. The first-order valence-corrected chi connectivity index (χ1v) is 6.05. The van der Waals surface area contributed by atoms with Gasteiger partial charge in [-0.1, -0.05) is 24.3 Å². The van der Waals surface area contributed by atoms with Crippen molar-refractivity contribution in [3.63, 3.8) is 0 Å². The Hall–Kier alpha value is -2.49. The van der Waals surface area contributed by atoms with Gasteiger partial charge in [0.25, 0.3) is 0 Å². The Morgan fingerprint density at radius 2 is 2.05 bits per heavy atom. The summed E-state index contributed by atoms with van der Waals surface area (Å²) in [6, 6.07) is 13.8. The summed E-state index contributed by atoms with van der Waals surface area (Å²) < 4.78 is 5.29. The van der Waals surface area contributed by atoms with E-state index in [0.29, 0.717) is 0 Å². The van der Waals surface area contributed by atoms with Crippen LogP contribution < -0.4 is 5.32 Å². The maximum Gasteiger partial charge on any atom is 0.154 e. The number of H-pyrrole nitrogens is 1. The van der Waals surface area contributed by atoms with Crippen molar-refractivity contribution in [2.45, 2.75) is 6.54 Å². The fourth-order valence-corrected chi connectivity index (χ4v) is 1.82. The lowest BCUT2D eigenvalue weighted by molar-refractivity contribution is 0.580. The SMILES string of the molecule is [CH2]c1ccc(CNc2cc(-c3ccco3)n[nH]2)cc1. The minimum absolute atomic E-state index is 0.736. The first-order valence-electron chi connectivity index (χ1n) is 6.05. The Bertz CT molecular complexity index is 638. The molecule has 0 aliphatic rings. The molecule has 95 valence electrons. The molecule has 0 fully saturated rings. The maximum atomic E-state index is 5.29. The number of aromatic nitrogens is 2. The zero-order valence-corrected chi connectivity index (χ0v) is 10.4. The monoisotopic (exact) mass is 252 g/mol. The van der Waals surface area contributed by atoms with Crippen molar-refractivity contribution >= 4 is 5.82 Å². The van der Waals surface area contributed by atoms with Gasteiger partial charge in [0.2, 0.25) is 0 Å². The first-order chi connectivity index (χ1) is 9.31. The van der Waals surface area contributed by atoms with Gasteiger partial charge in [0.15, 0.2) is 5.76 Å². The van der Waals surface area contributed by atoms with Crippen LogP contribution in [-0.4, -0.2) is 10.2 Å². The van der Waals surface area contributed by atoms with Crippen molar-refractivity contribution in [3.8, 4) is 11.5 Å². The molecule has 0 unspecified atom stereocenters. The van der Waals surface area contributed by atoms with Crippen molar-refractivity contribution in [1.82, 2.24) is 10.2 Å². The van der Waals surface area contributed by atoms with Gasteiger partial charge >= 0.3 is 0 Å². The number of rotatable bonds is 4. The molecule has 0 aliphatic heterocycles. The van der Waals surface area contributed by atoms with Crippen LogP contribution in [0.25, 0.3) is 11.5 Å². The van der Waals surface area contributed by atoms with Crippen molar-refractivity contribution in [1.29, 1.82) is 0 Å². The highest BCUT2D eigenvalue weighted by Crippen LogP contribution is 2.20. The zero-order chi connectivity index (χ0) is 13.1. The lowest BCUT2D eigenvalue weighted by Crippen LogP contribution is -1.99. The predicted octanol–water partition coefficient (Wildman–Crippen LogP) is 3.46. The number of hydrogen-bond acceptors (Lipinski definition) is 3. The van der Waals surface area contributed by atoms with E-state index in [1.807, 2.05) is 30.3 Å². The summed E-state index contributed by atoms with van der Waals surface area (Å²) in [4.78, 5) is 0. The first kappa shape index (κ1) is 11.6. The van der Waals surface area contributed by atoms with Crippen LogP contribution in [0.3, 0.4) is 0 Å². The maximum absolute atomic E-state index is 5.29. The Balaban J connectivity index is 1.66. The van der Waals surface area contributed by atoms with Crippen LogP contribution in [0.15, 0.2) is 53.1 Å². The minimum Gasteiger partial charge on any atom is -0.463 e. The molecule has 4 nitrogen and oxygen atoms in total. The third-order valence-corrected chi connectivity index (χ3v) is 2.86. The Morgan fingerprint density at radius 1 is 1.21 bits per heavy atom. The number of nitrogens with zero attached hydrogens (tertiary/aromatic N) is 1. The Morgan fingerprint density at radius 3 is 2.79 bits per heavy atom. The van der Waals surface area contributed by atoms with Crippen LogP contribution in [-0.2, 0) is 6.54 Å². The zero-order valence-electron chi connectivity index (χ0n) is 10.4. The number of anilines is 1. The molecule has 0 saturated carbocycles. The molecular weight excluding hydrogens is 238 g/mol. The molecule has 4 heteroatoms. The third-order valence-electron chi connectivity index (χ3n) is 2.86. The smallest absolute Gasteiger partial charge is 0.154 e. The third kappa shape index (κ3) is 2.68. The second-order valence-corrected chi connectivity index (χ2v) is 4.31. The van der Waals surface area contributed by atoms with E-state index in [0.717, 1.165) is 29.4 Å². The molecule has 1 aromatic carbocycles. The molecule has 2 heterocycles. The van der Waals surface area contributed by atoms with E-state index in [4.69, 9.17) is 4.42 Å². The largest absolute Gasteiger partial charge is 0.463 e. The number of nitrogens with one attached hydrogen (secondary N) is 2. The van der Waals surface area contributed by atoms with Gasteiger partial charge in [-0.3, -0.25) is 5.10 Å². The van der Waals surface area contributed by atoms with Gasteiger partial charge in [0.05, 0.1) is 6.26 Å². The van der Waals surface area contributed by atoms with Gasteiger partial charge in [-0.05, 0) is 30.2 Å². The number of furan rings is 1. The molecule has 0 bridgehead atoms. The van der Waals surface area contributed by atoms with E-state index in [2.05, 4.69) is 34.6 Å². The molecule has 0 aliphatic carbocycles. The highest BCUT2D eigenvalue weighted by Gasteiger charge is 2.05. The topological polar surface area (TPSA) is 53.9 Å². The Kier molecular flexibility index (Phi) is 3.06. The molecule has 2 N–H and O–H groups in total. The fourth-order valence-electron chi connectivity index (χ4n) is 1.82. The van der Waals surface area contributed by atoms with E-state index < -0.39 is 0 Å². The second kappa shape index (κ2) is 5.02. The van der Waals surface area contributed by atoms with Crippen LogP contribution in [0.2, 0.25) is 0 Å². The fraction of sp³-hybridized carbons (Fsp3) is 0.0667. The van der Waals surface area contributed by atoms with Gasteiger partial charge < -0.3 is 9.73 Å². The normalized spacial score (nSPS) is 10.6. The predicted molar refractivity (Wildman–Crippen MR) is 74.5 cm³/mol. The van der Waals surface area contributed by atoms with Crippen LogP contribution in [0.4, 0.5) is 5.82 Å². The van der Waals surface area contributed by atoms with E-state index in [9.17, 15) is 0 Å². The molecule has 2 aromatic heterocycles. The van der Waals surface area contributed by atoms with Gasteiger partial charge in [0.1, 0.15) is 11.5 Å². The van der Waals surface area contributed by atoms with Crippen LogP contribution >= 0.6 is 0 Å². The average molecular weight is 252 g/mol. The highest BCUT2D eigenvalue weighted by molar-refractivity contribution is 5.57. The molecule has 0 saturated heterocycles. The molecule has 1 radical (unpaired) electrons. The van der Waals surface area contributed by atoms with Crippen molar-refractivity contribution in [3.05, 3.63) is 66.8 Å². The molecular formula is C15H14N3O.